The number of rotatable bonds is 2. The zero-order chi connectivity index (χ0) is 4.99. The van der Waals surface area contributed by atoms with Crippen molar-refractivity contribution >= 4 is 11.0 Å². The first-order chi connectivity index (χ1) is 2.77. The van der Waals surface area contributed by atoms with E-state index in [1.165, 1.54) is 12.8 Å². The lowest BCUT2D eigenvalue weighted by Gasteiger charge is -1.95. The molecule has 1 heteroatoms. The summed E-state index contributed by atoms with van der Waals surface area (Å²) in [7, 11) is 0. The molecule has 0 aliphatic heterocycles. The van der Waals surface area contributed by atoms with Gasteiger partial charge in [0, 0.05) is 11.0 Å². The topological polar surface area (TPSA) is 0 Å². The van der Waals surface area contributed by atoms with Crippen LogP contribution in [0.15, 0.2) is 0 Å². The van der Waals surface area contributed by atoms with Crippen molar-refractivity contribution in [3.63, 3.8) is 0 Å². The molecule has 0 rings (SSSR count). The van der Waals surface area contributed by atoms with Gasteiger partial charge in [-0.1, -0.05) is 33.6 Å². The highest BCUT2D eigenvalue weighted by atomic mass is 28.1. The van der Waals surface area contributed by atoms with E-state index in [0.29, 0.717) is 0 Å². The molecular weight excluding hydrogens is 100 g/mol. The van der Waals surface area contributed by atoms with Crippen molar-refractivity contribution < 1.29 is 0 Å². The molecular formula is C6H14Si. The monoisotopic (exact) mass is 114 g/mol. The smallest absolute Gasteiger partial charge is 0 e. The summed E-state index contributed by atoms with van der Waals surface area (Å²) in [6.45, 7) is 6.73. The molecule has 0 N–H and O–H groups in total. The van der Waals surface area contributed by atoms with Crippen LogP contribution in [0, 0.1) is 5.92 Å². The van der Waals surface area contributed by atoms with Crippen molar-refractivity contribution in [1.29, 1.82) is 0 Å². The fraction of sp³-hybridized carbons (Fsp3) is 1.00. The molecule has 7 heavy (non-hydrogen) atoms. The molecule has 0 spiro atoms. The van der Waals surface area contributed by atoms with E-state index >= 15 is 0 Å². The molecule has 0 nitrogen and oxygen atoms in total. The van der Waals surface area contributed by atoms with Crippen LogP contribution in [-0.2, 0) is 0 Å². The van der Waals surface area contributed by atoms with Crippen LogP contribution in [0.3, 0.4) is 0 Å². The normalized spacial score (nSPS) is 8.57. The van der Waals surface area contributed by atoms with E-state index in [1.54, 1.807) is 0 Å². The van der Waals surface area contributed by atoms with Gasteiger partial charge in [-0.3, -0.25) is 0 Å². The molecule has 0 aromatic rings. The lowest BCUT2D eigenvalue weighted by atomic mass is 10.1. The molecule has 0 saturated carbocycles. The molecule has 0 heterocycles. The predicted molar refractivity (Wildman–Crippen MR) is 35.5 cm³/mol. The molecule has 0 aromatic heterocycles. The maximum atomic E-state index is 2.25. The predicted octanol–water partition coefficient (Wildman–Crippen LogP) is 2.06. The van der Waals surface area contributed by atoms with E-state index in [4.69, 9.17) is 0 Å². The lowest BCUT2D eigenvalue weighted by Crippen LogP contribution is -1.81. The average Bonchev–Trinajstić information content (AvgIpc) is 1.35. The van der Waals surface area contributed by atoms with Crippen molar-refractivity contribution in [2.75, 3.05) is 0 Å². The van der Waals surface area contributed by atoms with Crippen molar-refractivity contribution in [3.05, 3.63) is 0 Å². The van der Waals surface area contributed by atoms with Gasteiger partial charge in [-0.25, -0.2) is 0 Å². The molecule has 0 saturated heterocycles. The van der Waals surface area contributed by atoms with Gasteiger partial charge in [0.2, 0.25) is 0 Å². The SMILES string of the molecule is CCCC(C)C.[Si]. The van der Waals surface area contributed by atoms with Crippen molar-refractivity contribution in [1.82, 2.24) is 0 Å². The maximum Gasteiger partial charge on any atom is 0 e. The molecule has 0 bridgehead atoms. The van der Waals surface area contributed by atoms with Gasteiger partial charge in [-0.15, -0.1) is 0 Å². The van der Waals surface area contributed by atoms with Gasteiger partial charge in [0.05, 0.1) is 0 Å². The third-order valence-electron chi connectivity index (χ3n) is 0.866. The highest BCUT2D eigenvalue weighted by Gasteiger charge is 1.85. The summed E-state index contributed by atoms with van der Waals surface area (Å²) in [6, 6.07) is 0. The highest BCUT2D eigenvalue weighted by molar-refractivity contribution is 5.75. The summed E-state index contributed by atoms with van der Waals surface area (Å²) >= 11 is 0. The summed E-state index contributed by atoms with van der Waals surface area (Å²) in [5, 5.41) is 0. The van der Waals surface area contributed by atoms with Gasteiger partial charge in [0.1, 0.15) is 0 Å². The van der Waals surface area contributed by atoms with Crippen LogP contribution in [0.25, 0.3) is 0 Å². The molecule has 0 amide bonds. The van der Waals surface area contributed by atoms with Crippen LogP contribution in [-0.4, -0.2) is 11.0 Å². The zero-order valence-electron chi connectivity index (χ0n) is 5.49. The van der Waals surface area contributed by atoms with Crippen LogP contribution in [0.2, 0.25) is 0 Å². The van der Waals surface area contributed by atoms with E-state index < -0.39 is 0 Å². The first-order valence-corrected chi connectivity index (χ1v) is 2.77. The summed E-state index contributed by atoms with van der Waals surface area (Å²) < 4.78 is 0. The van der Waals surface area contributed by atoms with Crippen LogP contribution in [0.1, 0.15) is 33.6 Å². The Balaban J connectivity index is 0. The van der Waals surface area contributed by atoms with Gasteiger partial charge >= 0.3 is 0 Å². The molecule has 0 aliphatic rings. The van der Waals surface area contributed by atoms with Gasteiger partial charge in [0.15, 0.2) is 0 Å². The van der Waals surface area contributed by atoms with Crippen LogP contribution in [0.4, 0.5) is 0 Å². The summed E-state index contributed by atoms with van der Waals surface area (Å²) in [5.74, 6) is 0.898. The molecule has 42 valence electrons. The standard InChI is InChI=1S/C6H14.Si/c1-4-5-6(2)3;/h6H,4-5H2,1-3H3;. The van der Waals surface area contributed by atoms with Gasteiger partial charge in [-0.05, 0) is 5.92 Å². The second kappa shape index (κ2) is 6.22. The van der Waals surface area contributed by atoms with Gasteiger partial charge < -0.3 is 0 Å². The summed E-state index contributed by atoms with van der Waals surface area (Å²) in [4.78, 5) is 0. The van der Waals surface area contributed by atoms with E-state index in [2.05, 4.69) is 20.8 Å². The van der Waals surface area contributed by atoms with Crippen molar-refractivity contribution in [3.8, 4) is 0 Å². The minimum Gasteiger partial charge on any atom is -0.0654 e. The first-order valence-electron chi connectivity index (χ1n) is 2.77. The highest BCUT2D eigenvalue weighted by Crippen LogP contribution is 2.00. The first kappa shape index (κ1) is 10.2. The molecule has 0 fully saturated rings. The van der Waals surface area contributed by atoms with Gasteiger partial charge in [-0.2, -0.15) is 0 Å². The summed E-state index contributed by atoms with van der Waals surface area (Å²) in [6.07, 6.45) is 2.71. The second-order valence-corrected chi connectivity index (χ2v) is 2.18. The Labute approximate surface area is 51.3 Å². The van der Waals surface area contributed by atoms with E-state index in [9.17, 15) is 0 Å². The third kappa shape index (κ3) is 10.7. The van der Waals surface area contributed by atoms with E-state index in [1.807, 2.05) is 0 Å². The van der Waals surface area contributed by atoms with E-state index in [-0.39, 0.29) is 11.0 Å². The number of hydrogen-bond donors (Lipinski definition) is 0. The van der Waals surface area contributed by atoms with Crippen LogP contribution < -0.4 is 0 Å². The quantitative estimate of drug-likeness (QED) is 0.482. The molecule has 0 aromatic carbocycles. The Morgan fingerprint density at radius 1 is 1.29 bits per heavy atom. The molecule has 0 atom stereocenters. The lowest BCUT2D eigenvalue weighted by molar-refractivity contribution is 0.576. The Kier molecular flexibility index (Phi) is 9.10. The minimum absolute atomic E-state index is 0. The van der Waals surface area contributed by atoms with Crippen molar-refractivity contribution in [2.24, 2.45) is 5.92 Å². The van der Waals surface area contributed by atoms with E-state index in [0.717, 1.165) is 5.92 Å². The van der Waals surface area contributed by atoms with Crippen LogP contribution >= 0.6 is 0 Å². The zero-order valence-corrected chi connectivity index (χ0v) is 6.49. The van der Waals surface area contributed by atoms with Crippen molar-refractivity contribution in [2.45, 2.75) is 33.6 Å². The Hall–Kier alpha value is 0.217. The van der Waals surface area contributed by atoms with Gasteiger partial charge in [0.25, 0.3) is 0 Å². The second-order valence-electron chi connectivity index (χ2n) is 2.18. The maximum absolute atomic E-state index is 2.25. The minimum atomic E-state index is 0. The number of hydrogen-bond acceptors (Lipinski definition) is 0. The summed E-state index contributed by atoms with van der Waals surface area (Å²) in [5.41, 5.74) is 0. The Bertz CT molecular complexity index is 25.4. The fourth-order valence-corrected chi connectivity index (χ4v) is 0.577. The largest absolute Gasteiger partial charge is 0.0654 e. The average molecular weight is 114 g/mol. The third-order valence-corrected chi connectivity index (χ3v) is 0.866. The Morgan fingerprint density at radius 3 is 1.71 bits per heavy atom. The molecule has 0 aliphatic carbocycles. The van der Waals surface area contributed by atoms with Crippen LogP contribution in [0.5, 0.6) is 0 Å². The fourth-order valence-electron chi connectivity index (χ4n) is 0.577. The molecule has 4 radical (unpaired) electrons. The Morgan fingerprint density at radius 2 is 1.71 bits per heavy atom. The molecule has 0 unspecified atom stereocenters.